The summed E-state index contributed by atoms with van der Waals surface area (Å²) in [5.41, 5.74) is 13.2. The maximum atomic E-state index is 4.77. The van der Waals surface area contributed by atoms with Gasteiger partial charge in [-0.25, -0.2) is 0 Å². The number of aromatic nitrogens is 1. The van der Waals surface area contributed by atoms with Gasteiger partial charge in [0.05, 0.1) is 10.2 Å². The van der Waals surface area contributed by atoms with Crippen molar-refractivity contribution >= 4 is 64.0 Å². The van der Waals surface area contributed by atoms with Crippen LogP contribution in [0.15, 0.2) is 200 Å². The van der Waals surface area contributed by atoms with E-state index in [1.54, 1.807) is 0 Å². The Hall–Kier alpha value is -6.87. The van der Waals surface area contributed by atoms with Gasteiger partial charge in [-0.1, -0.05) is 152 Å². The van der Waals surface area contributed by atoms with Gasteiger partial charge < -0.3 is 0 Å². The summed E-state index contributed by atoms with van der Waals surface area (Å²) in [7, 11) is 0. The standard InChI is InChI=1S/C53H33NS/c1-2-21-46-44(19-1)45-20-3-4-22-47(45)50-33-41(25-26-48(46)50)39-16-9-14-37(31-39)35-12-7-11-34(29-35)36-13-8-15-38(30-36)40-17-10-18-42(32-40)43-27-28-54-52-49-23-5-6-24-51(49)55-53(43)52/h1-33H. The molecule has 11 aromatic rings. The second kappa shape index (κ2) is 12.9. The van der Waals surface area contributed by atoms with Crippen LogP contribution in [0.3, 0.4) is 0 Å². The lowest BCUT2D eigenvalue weighted by molar-refractivity contribution is 1.43. The summed E-state index contributed by atoms with van der Waals surface area (Å²) in [6.07, 6.45) is 1.94. The molecular formula is C53H33NS. The van der Waals surface area contributed by atoms with Crippen molar-refractivity contribution in [1.29, 1.82) is 0 Å². The molecule has 0 bridgehead atoms. The van der Waals surface area contributed by atoms with Crippen molar-refractivity contribution in [2.45, 2.75) is 0 Å². The van der Waals surface area contributed by atoms with Gasteiger partial charge in [-0.15, -0.1) is 11.3 Å². The Morgan fingerprint density at radius 2 is 0.691 bits per heavy atom. The van der Waals surface area contributed by atoms with E-state index in [9.17, 15) is 0 Å². The molecule has 0 aliphatic rings. The molecule has 0 fully saturated rings. The van der Waals surface area contributed by atoms with Crippen molar-refractivity contribution in [3.63, 3.8) is 0 Å². The van der Waals surface area contributed by atoms with E-state index < -0.39 is 0 Å². The lowest BCUT2D eigenvalue weighted by Gasteiger charge is -2.13. The first-order valence-corrected chi connectivity index (χ1v) is 19.6. The molecule has 0 saturated heterocycles. The summed E-state index contributed by atoms with van der Waals surface area (Å²) in [5.74, 6) is 0. The lowest BCUT2D eigenvalue weighted by Crippen LogP contribution is -1.86. The third-order valence-corrected chi connectivity index (χ3v) is 12.3. The molecule has 0 unspecified atom stereocenters. The van der Waals surface area contributed by atoms with Crippen LogP contribution in [-0.2, 0) is 0 Å². The molecule has 55 heavy (non-hydrogen) atoms. The average Bonchev–Trinajstić information content (AvgIpc) is 3.66. The highest BCUT2D eigenvalue weighted by atomic mass is 32.1. The molecule has 0 aliphatic carbocycles. The van der Waals surface area contributed by atoms with E-state index in [0.29, 0.717) is 0 Å². The number of benzene rings is 9. The molecule has 0 N–H and O–H groups in total. The van der Waals surface area contributed by atoms with E-state index >= 15 is 0 Å². The zero-order valence-corrected chi connectivity index (χ0v) is 30.7. The van der Waals surface area contributed by atoms with Crippen molar-refractivity contribution in [2.75, 3.05) is 0 Å². The van der Waals surface area contributed by atoms with Crippen molar-refractivity contribution in [1.82, 2.24) is 4.98 Å². The predicted octanol–water partition coefficient (Wildman–Crippen LogP) is 15.2. The van der Waals surface area contributed by atoms with Gasteiger partial charge in [-0.2, -0.15) is 0 Å². The smallest absolute Gasteiger partial charge is 0.0894 e. The van der Waals surface area contributed by atoms with E-state index in [4.69, 9.17) is 4.98 Å². The molecular weight excluding hydrogens is 683 g/mol. The molecule has 11 rings (SSSR count). The fourth-order valence-corrected chi connectivity index (χ4v) is 9.62. The second-order valence-electron chi connectivity index (χ2n) is 14.3. The van der Waals surface area contributed by atoms with Crippen LogP contribution in [0.25, 0.3) is 108 Å². The Morgan fingerprint density at radius 3 is 1.22 bits per heavy atom. The van der Waals surface area contributed by atoms with Gasteiger partial charge in [-0.05, 0) is 125 Å². The minimum atomic E-state index is 1.08. The summed E-state index contributed by atoms with van der Waals surface area (Å²) in [4.78, 5) is 4.77. The number of rotatable bonds is 5. The molecule has 9 aromatic carbocycles. The molecule has 2 aromatic heterocycles. The molecule has 0 aliphatic heterocycles. The van der Waals surface area contributed by atoms with Gasteiger partial charge in [0.15, 0.2) is 0 Å². The Morgan fingerprint density at radius 1 is 0.291 bits per heavy atom. The van der Waals surface area contributed by atoms with Crippen LogP contribution < -0.4 is 0 Å². The third kappa shape index (κ3) is 5.42. The van der Waals surface area contributed by atoms with Gasteiger partial charge in [0.1, 0.15) is 0 Å². The maximum absolute atomic E-state index is 4.77. The van der Waals surface area contributed by atoms with Crippen LogP contribution in [-0.4, -0.2) is 4.98 Å². The molecule has 1 nitrogen and oxygen atoms in total. The molecule has 256 valence electrons. The summed E-state index contributed by atoms with van der Waals surface area (Å²) >= 11 is 1.82. The first kappa shape index (κ1) is 31.6. The van der Waals surface area contributed by atoms with Crippen LogP contribution in [0.5, 0.6) is 0 Å². The Labute approximate surface area is 323 Å². The molecule has 2 heteroatoms. The van der Waals surface area contributed by atoms with Crippen molar-refractivity contribution in [2.24, 2.45) is 0 Å². The summed E-state index contributed by atoms with van der Waals surface area (Å²) in [5, 5.41) is 9.00. The van der Waals surface area contributed by atoms with Crippen molar-refractivity contribution in [3.05, 3.63) is 200 Å². The van der Waals surface area contributed by atoms with E-state index in [2.05, 4.69) is 194 Å². The van der Waals surface area contributed by atoms with E-state index in [-0.39, 0.29) is 0 Å². The van der Waals surface area contributed by atoms with Crippen LogP contribution in [0.2, 0.25) is 0 Å². The van der Waals surface area contributed by atoms with Crippen LogP contribution in [0.4, 0.5) is 0 Å². The van der Waals surface area contributed by atoms with Crippen molar-refractivity contribution < 1.29 is 0 Å². The minimum Gasteiger partial charge on any atom is -0.255 e. The topological polar surface area (TPSA) is 12.9 Å². The highest BCUT2D eigenvalue weighted by Gasteiger charge is 2.14. The fraction of sp³-hybridized carbons (Fsp3) is 0. The van der Waals surface area contributed by atoms with Crippen LogP contribution in [0.1, 0.15) is 0 Å². The van der Waals surface area contributed by atoms with Gasteiger partial charge >= 0.3 is 0 Å². The number of hydrogen-bond donors (Lipinski definition) is 0. The monoisotopic (exact) mass is 715 g/mol. The van der Waals surface area contributed by atoms with Gasteiger partial charge in [0, 0.05) is 21.8 Å². The third-order valence-electron chi connectivity index (χ3n) is 11.1. The number of thiophene rings is 1. The second-order valence-corrected chi connectivity index (χ2v) is 15.4. The SMILES string of the molecule is c1cc(-c2cccc(-c3cccc(-c4ccnc5c4sc4ccccc45)c3)c2)cc(-c2cccc(-c3ccc4c5ccccc5c5ccccc5c4c3)c2)c1. The maximum Gasteiger partial charge on any atom is 0.0894 e. The molecule has 0 saturated carbocycles. The average molecular weight is 716 g/mol. The normalized spacial score (nSPS) is 11.6. The summed E-state index contributed by atoms with van der Waals surface area (Å²) < 4.78 is 2.50. The number of pyridine rings is 1. The van der Waals surface area contributed by atoms with E-state index in [1.807, 2.05) is 17.5 Å². The number of nitrogens with zero attached hydrogens (tertiary/aromatic N) is 1. The van der Waals surface area contributed by atoms with Gasteiger partial charge in [0.2, 0.25) is 0 Å². The molecule has 0 amide bonds. The molecule has 0 radical (unpaired) electrons. The first-order chi connectivity index (χ1) is 27.2. The van der Waals surface area contributed by atoms with E-state index in [1.165, 1.54) is 103 Å². The zero-order valence-electron chi connectivity index (χ0n) is 29.9. The first-order valence-electron chi connectivity index (χ1n) is 18.8. The Kier molecular flexibility index (Phi) is 7.43. The van der Waals surface area contributed by atoms with E-state index in [0.717, 1.165) is 5.52 Å². The number of hydrogen-bond acceptors (Lipinski definition) is 2. The van der Waals surface area contributed by atoms with Gasteiger partial charge in [-0.3, -0.25) is 4.98 Å². The molecule has 0 atom stereocenters. The quantitative estimate of drug-likeness (QED) is 0.162. The Bertz CT molecular complexity index is 3240. The zero-order chi connectivity index (χ0) is 36.3. The lowest BCUT2D eigenvalue weighted by atomic mass is 9.91. The summed E-state index contributed by atoms with van der Waals surface area (Å²) in [6, 6.07) is 71.0. The largest absolute Gasteiger partial charge is 0.255 e. The minimum absolute atomic E-state index is 1.08. The van der Waals surface area contributed by atoms with Gasteiger partial charge in [0.25, 0.3) is 0 Å². The van der Waals surface area contributed by atoms with Crippen LogP contribution in [0, 0.1) is 0 Å². The van der Waals surface area contributed by atoms with Crippen LogP contribution >= 0.6 is 11.3 Å². The Balaban J connectivity index is 0.936. The fourth-order valence-electron chi connectivity index (χ4n) is 8.42. The molecule has 0 spiro atoms. The predicted molar refractivity (Wildman–Crippen MR) is 237 cm³/mol. The molecule has 2 heterocycles. The highest BCUT2D eigenvalue weighted by Crippen LogP contribution is 2.41. The highest BCUT2D eigenvalue weighted by molar-refractivity contribution is 7.26. The summed E-state index contributed by atoms with van der Waals surface area (Å²) in [6.45, 7) is 0. The number of fused-ring (bicyclic) bond motifs is 9. The van der Waals surface area contributed by atoms with Crippen molar-refractivity contribution in [3.8, 4) is 55.6 Å².